The van der Waals surface area contributed by atoms with Gasteiger partial charge in [-0.3, -0.25) is 0 Å². The maximum atomic E-state index is 4.46. The van der Waals surface area contributed by atoms with Gasteiger partial charge in [-0.2, -0.15) is 4.57 Å². The monoisotopic (exact) mass is 213 g/mol. The highest BCUT2D eigenvalue weighted by Crippen LogP contribution is 2.36. The fraction of sp³-hybridized carbons (Fsp3) is 0.167. The van der Waals surface area contributed by atoms with E-state index in [9.17, 15) is 0 Å². The molecular weight excluding hydrogens is 204 g/mol. The minimum atomic E-state index is 1.01. The highest BCUT2D eigenvalue weighted by molar-refractivity contribution is 7.25. The first kappa shape index (κ1) is 7.77. The minimum absolute atomic E-state index is 1.01. The number of aromatic nitrogens is 2. The number of rotatable bonds is 0. The third-order valence-electron chi connectivity index (χ3n) is 3.14. The summed E-state index contributed by atoms with van der Waals surface area (Å²) in [5.41, 5.74) is 4.16. The highest BCUT2D eigenvalue weighted by atomic mass is 32.1. The SMILES string of the molecule is Cc1cc[n+]2c3c1sc1nccc(c13)C2. The van der Waals surface area contributed by atoms with Crippen LogP contribution in [0, 0.1) is 6.92 Å². The fourth-order valence-corrected chi connectivity index (χ4v) is 3.59. The molecule has 2 nitrogen and oxygen atoms in total. The Bertz CT molecular complexity index is 712. The van der Waals surface area contributed by atoms with Gasteiger partial charge in [0.2, 0.25) is 5.52 Å². The number of hydrogen-bond donors (Lipinski definition) is 0. The summed E-state index contributed by atoms with van der Waals surface area (Å²) in [6, 6.07) is 4.33. The van der Waals surface area contributed by atoms with Crippen molar-refractivity contribution in [3.05, 3.63) is 35.7 Å². The molecule has 0 saturated carbocycles. The Morgan fingerprint density at radius 2 is 2.33 bits per heavy atom. The molecule has 3 aromatic heterocycles. The van der Waals surface area contributed by atoms with Crippen LogP contribution in [0.3, 0.4) is 0 Å². The zero-order chi connectivity index (χ0) is 9.99. The van der Waals surface area contributed by atoms with Crippen molar-refractivity contribution in [3.8, 4) is 0 Å². The molecule has 3 heteroatoms. The quantitative estimate of drug-likeness (QED) is 0.410. The van der Waals surface area contributed by atoms with Gasteiger partial charge in [0.25, 0.3) is 0 Å². The number of hydrogen-bond acceptors (Lipinski definition) is 2. The predicted molar refractivity (Wildman–Crippen MR) is 61.2 cm³/mol. The molecule has 15 heavy (non-hydrogen) atoms. The molecule has 0 atom stereocenters. The second-order valence-electron chi connectivity index (χ2n) is 4.06. The van der Waals surface area contributed by atoms with Crippen molar-refractivity contribution in [2.75, 3.05) is 0 Å². The third kappa shape index (κ3) is 0.804. The fourth-order valence-electron chi connectivity index (χ4n) is 2.41. The molecule has 0 bridgehead atoms. The van der Waals surface area contributed by atoms with Crippen LogP contribution in [0.15, 0.2) is 24.5 Å². The third-order valence-corrected chi connectivity index (χ3v) is 4.37. The van der Waals surface area contributed by atoms with Crippen molar-refractivity contribution in [3.63, 3.8) is 0 Å². The van der Waals surface area contributed by atoms with Gasteiger partial charge in [0.05, 0.1) is 5.39 Å². The van der Waals surface area contributed by atoms with Crippen LogP contribution >= 0.6 is 11.3 Å². The van der Waals surface area contributed by atoms with Crippen molar-refractivity contribution in [2.45, 2.75) is 13.5 Å². The summed E-state index contributed by atoms with van der Waals surface area (Å²) in [6.07, 6.45) is 4.11. The van der Waals surface area contributed by atoms with Crippen LogP contribution in [-0.4, -0.2) is 4.98 Å². The minimum Gasteiger partial charge on any atom is -0.245 e. The molecule has 0 N–H and O–H groups in total. The highest BCUT2D eigenvalue weighted by Gasteiger charge is 2.27. The molecule has 0 spiro atoms. The van der Waals surface area contributed by atoms with Gasteiger partial charge in [-0.05, 0) is 18.6 Å². The lowest BCUT2D eigenvalue weighted by Gasteiger charge is -1.94. The average molecular weight is 213 g/mol. The predicted octanol–water partition coefficient (Wildman–Crippen LogP) is 2.41. The first-order valence-electron chi connectivity index (χ1n) is 5.04. The number of nitrogens with zero attached hydrogens (tertiary/aromatic N) is 2. The topological polar surface area (TPSA) is 16.8 Å². The average Bonchev–Trinajstić information content (AvgIpc) is 2.79. The second kappa shape index (κ2) is 2.36. The van der Waals surface area contributed by atoms with Gasteiger partial charge < -0.3 is 0 Å². The standard InChI is InChI=1S/C12H9N2S/c1-7-3-5-14-6-8-2-4-13-12-9(8)10(14)11(7)15-12/h2-5H,6H2,1H3/q+1. The van der Waals surface area contributed by atoms with E-state index in [1.54, 1.807) is 0 Å². The molecule has 0 unspecified atom stereocenters. The molecule has 0 radical (unpaired) electrons. The molecule has 3 aromatic rings. The van der Waals surface area contributed by atoms with E-state index < -0.39 is 0 Å². The zero-order valence-corrected chi connectivity index (χ0v) is 9.14. The van der Waals surface area contributed by atoms with Gasteiger partial charge in [-0.25, -0.2) is 4.98 Å². The Labute approximate surface area is 90.8 Å². The largest absolute Gasteiger partial charge is 0.245 e. The molecule has 0 amide bonds. The summed E-state index contributed by atoms with van der Waals surface area (Å²) < 4.78 is 3.72. The maximum absolute atomic E-state index is 4.46. The summed E-state index contributed by atoms with van der Waals surface area (Å²) >= 11 is 1.81. The van der Waals surface area contributed by atoms with Crippen LogP contribution in [0.4, 0.5) is 0 Å². The Balaban J connectivity index is 2.43. The van der Waals surface area contributed by atoms with Crippen LogP contribution in [0.5, 0.6) is 0 Å². The molecule has 4 rings (SSSR count). The van der Waals surface area contributed by atoms with Gasteiger partial charge in [0.15, 0.2) is 12.7 Å². The van der Waals surface area contributed by atoms with Crippen LogP contribution in [0.2, 0.25) is 0 Å². The number of aryl methyl sites for hydroxylation is 1. The van der Waals surface area contributed by atoms with Crippen molar-refractivity contribution >= 4 is 31.8 Å². The summed E-state index contributed by atoms with van der Waals surface area (Å²) in [7, 11) is 0. The van der Waals surface area contributed by atoms with Crippen LogP contribution in [-0.2, 0) is 6.54 Å². The number of pyridine rings is 2. The molecule has 1 aliphatic rings. The van der Waals surface area contributed by atoms with E-state index >= 15 is 0 Å². The van der Waals surface area contributed by atoms with E-state index in [2.05, 4.69) is 34.8 Å². The Morgan fingerprint density at radius 3 is 3.27 bits per heavy atom. The van der Waals surface area contributed by atoms with Gasteiger partial charge in [0.1, 0.15) is 9.53 Å². The van der Waals surface area contributed by atoms with E-state index in [-0.39, 0.29) is 0 Å². The van der Waals surface area contributed by atoms with Crippen LogP contribution < -0.4 is 4.57 Å². The van der Waals surface area contributed by atoms with Crippen molar-refractivity contribution in [1.82, 2.24) is 4.98 Å². The lowest BCUT2D eigenvalue weighted by Crippen LogP contribution is -2.30. The maximum Gasteiger partial charge on any atom is 0.234 e. The molecule has 1 aliphatic heterocycles. The molecular formula is C12H9N2S+. The molecule has 4 heterocycles. The summed E-state index contributed by atoms with van der Waals surface area (Å²) in [5, 5.41) is 1.38. The van der Waals surface area contributed by atoms with E-state index in [1.165, 1.54) is 31.6 Å². The van der Waals surface area contributed by atoms with E-state index in [1.807, 2.05) is 17.5 Å². The molecule has 0 aromatic carbocycles. The van der Waals surface area contributed by atoms with Gasteiger partial charge in [-0.1, -0.05) is 0 Å². The Hall–Kier alpha value is -1.48. The van der Waals surface area contributed by atoms with E-state index in [0.717, 1.165) is 6.54 Å². The first-order chi connectivity index (χ1) is 7.34. The Morgan fingerprint density at radius 1 is 1.40 bits per heavy atom. The van der Waals surface area contributed by atoms with Crippen LogP contribution in [0.1, 0.15) is 11.1 Å². The van der Waals surface area contributed by atoms with Crippen molar-refractivity contribution in [1.29, 1.82) is 0 Å². The molecule has 0 aliphatic carbocycles. The van der Waals surface area contributed by atoms with Crippen molar-refractivity contribution < 1.29 is 4.57 Å². The summed E-state index contributed by atoms with van der Waals surface area (Å²) in [5.74, 6) is 0. The molecule has 0 fully saturated rings. The normalized spacial score (nSPS) is 13.4. The van der Waals surface area contributed by atoms with Gasteiger partial charge >= 0.3 is 0 Å². The first-order valence-corrected chi connectivity index (χ1v) is 5.85. The lowest BCUT2D eigenvalue weighted by atomic mass is 10.2. The lowest BCUT2D eigenvalue weighted by molar-refractivity contribution is -0.657. The molecule has 72 valence electrons. The van der Waals surface area contributed by atoms with Crippen molar-refractivity contribution in [2.24, 2.45) is 0 Å². The molecule has 0 saturated heterocycles. The van der Waals surface area contributed by atoms with E-state index in [4.69, 9.17) is 0 Å². The smallest absolute Gasteiger partial charge is 0.234 e. The zero-order valence-electron chi connectivity index (χ0n) is 8.32. The van der Waals surface area contributed by atoms with E-state index in [0.29, 0.717) is 0 Å². The van der Waals surface area contributed by atoms with Crippen LogP contribution in [0.25, 0.3) is 20.4 Å². The second-order valence-corrected chi connectivity index (χ2v) is 5.06. The van der Waals surface area contributed by atoms with Gasteiger partial charge in [0, 0.05) is 17.8 Å². The number of thiophene rings is 1. The van der Waals surface area contributed by atoms with Gasteiger partial charge in [-0.15, -0.1) is 11.3 Å². The Kier molecular flexibility index (Phi) is 1.22. The summed E-state index contributed by atoms with van der Waals surface area (Å²) in [6.45, 7) is 3.18. The summed E-state index contributed by atoms with van der Waals surface area (Å²) in [4.78, 5) is 5.64.